The van der Waals surface area contributed by atoms with Crippen LogP contribution in [0, 0.1) is 11.2 Å². The lowest BCUT2D eigenvalue weighted by atomic mass is 9.77. The molecule has 1 heterocycles. The molecule has 0 unspecified atom stereocenters. The van der Waals surface area contributed by atoms with Crippen LogP contribution in [0.5, 0.6) is 0 Å². The number of rotatable bonds is 6. The SMILES string of the molecule is CC(C)(C)CCN1CCC(F)(CNC(=O)C2(c3cccc(F)c3)CCCC2)CC1. The molecule has 1 aliphatic heterocycles. The van der Waals surface area contributed by atoms with Crippen LogP contribution in [0.3, 0.4) is 0 Å². The number of carbonyl (C=O) groups excluding carboxylic acids is 1. The Morgan fingerprint density at radius 3 is 2.38 bits per heavy atom. The Bertz CT molecular complexity index is 699. The molecular weight excluding hydrogens is 370 g/mol. The number of nitrogens with one attached hydrogen (secondary N) is 1. The van der Waals surface area contributed by atoms with Gasteiger partial charge in [0.2, 0.25) is 5.91 Å². The number of hydrogen-bond acceptors (Lipinski definition) is 2. The first-order valence-electron chi connectivity index (χ1n) is 11.1. The van der Waals surface area contributed by atoms with E-state index in [2.05, 4.69) is 31.0 Å². The summed E-state index contributed by atoms with van der Waals surface area (Å²) >= 11 is 0. The lowest BCUT2D eigenvalue weighted by molar-refractivity contribution is -0.127. The van der Waals surface area contributed by atoms with Gasteiger partial charge in [0.15, 0.2) is 0 Å². The zero-order chi connectivity index (χ0) is 21.1. The lowest BCUT2D eigenvalue weighted by Gasteiger charge is -2.38. The van der Waals surface area contributed by atoms with Crippen molar-refractivity contribution in [1.29, 1.82) is 0 Å². The molecule has 29 heavy (non-hydrogen) atoms. The Morgan fingerprint density at radius 1 is 1.14 bits per heavy atom. The minimum Gasteiger partial charge on any atom is -0.352 e. The first-order valence-corrected chi connectivity index (χ1v) is 11.1. The van der Waals surface area contributed by atoms with E-state index >= 15 is 4.39 Å². The molecule has 1 aromatic carbocycles. The van der Waals surface area contributed by atoms with Gasteiger partial charge in [-0.2, -0.15) is 0 Å². The molecule has 0 bridgehead atoms. The minimum absolute atomic E-state index is 0.0516. The van der Waals surface area contributed by atoms with Crippen LogP contribution in [-0.2, 0) is 10.2 Å². The van der Waals surface area contributed by atoms with E-state index in [1.54, 1.807) is 6.07 Å². The highest BCUT2D eigenvalue weighted by Gasteiger charge is 2.44. The van der Waals surface area contributed by atoms with E-state index in [0.717, 1.165) is 44.5 Å². The third kappa shape index (κ3) is 5.56. The number of nitrogens with zero attached hydrogens (tertiary/aromatic N) is 1. The van der Waals surface area contributed by atoms with Gasteiger partial charge in [-0.05, 0) is 61.8 Å². The largest absolute Gasteiger partial charge is 0.352 e. The summed E-state index contributed by atoms with van der Waals surface area (Å²) in [6, 6.07) is 6.34. The van der Waals surface area contributed by atoms with Gasteiger partial charge < -0.3 is 10.2 Å². The quantitative estimate of drug-likeness (QED) is 0.721. The first kappa shape index (κ1) is 22.2. The smallest absolute Gasteiger partial charge is 0.230 e. The van der Waals surface area contributed by atoms with Gasteiger partial charge in [-0.3, -0.25) is 4.79 Å². The summed E-state index contributed by atoms with van der Waals surface area (Å²) in [5, 5.41) is 2.91. The minimum atomic E-state index is -1.35. The number of halogens is 2. The number of carbonyl (C=O) groups is 1. The summed E-state index contributed by atoms with van der Waals surface area (Å²) in [7, 11) is 0. The lowest BCUT2D eigenvalue weighted by Crippen LogP contribution is -2.51. The maximum Gasteiger partial charge on any atom is 0.230 e. The molecule has 0 aromatic heterocycles. The Kier molecular flexibility index (Phi) is 6.67. The van der Waals surface area contributed by atoms with Gasteiger partial charge in [0.1, 0.15) is 11.5 Å². The van der Waals surface area contributed by atoms with Crippen LogP contribution in [0.25, 0.3) is 0 Å². The number of piperidine rings is 1. The van der Waals surface area contributed by atoms with Crippen molar-refractivity contribution in [2.45, 2.75) is 76.8 Å². The van der Waals surface area contributed by atoms with Crippen molar-refractivity contribution < 1.29 is 13.6 Å². The van der Waals surface area contributed by atoms with Gasteiger partial charge >= 0.3 is 0 Å². The van der Waals surface area contributed by atoms with Gasteiger partial charge in [0.05, 0.1) is 12.0 Å². The second kappa shape index (κ2) is 8.71. The summed E-state index contributed by atoms with van der Waals surface area (Å²) < 4.78 is 29.1. The van der Waals surface area contributed by atoms with Crippen LogP contribution in [0.4, 0.5) is 8.78 Å². The Balaban J connectivity index is 1.57. The predicted octanol–water partition coefficient (Wildman–Crippen LogP) is 4.99. The van der Waals surface area contributed by atoms with Crippen LogP contribution in [-0.4, -0.2) is 42.7 Å². The molecule has 1 N–H and O–H groups in total. The van der Waals surface area contributed by atoms with Crippen LogP contribution in [0.1, 0.15) is 71.3 Å². The molecule has 0 radical (unpaired) electrons. The summed E-state index contributed by atoms with van der Waals surface area (Å²) in [5.74, 6) is -0.473. The Labute approximate surface area is 174 Å². The highest BCUT2D eigenvalue weighted by atomic mass is 19.1. The van der Waals surface area contributed by atoms with E-state index in [1.165, 1.54) is 12.1 Å². The molecule has 5 heteroatoms. The number of hydrogen-bond donors (Lipinski definition) is 1. The number of likely N-dealkylation sites (tertiary alicyclic amines) is 1. The number of benzene rings is 1. The fourth-order valence-corrected chi connectivity index (χ4v) is 4.67. The van der Waals surface area contributed by atoms with Crippen molar-refractivity contribution in [3.05, 3.63) is 35.6 Å². The van der Waals surface area contributed by atoms with E-state index in [9.17, 15) is 9.18 Å². The van der Waals surface area contributed by atoms with Gasteiger partial charge in [0.25, 0.3) is 0 Å². The second-order valence-corrected chi connectivity index (χ2v) is 10.3. The summed E-state index contributed by atoms with van der Waals surface area (Å²) in [6.07, 6.45) is 5.26. The molecule has 1 aliphatic carbocycles. The molecule has 0 atom stereocenters. The van der Waals surface area contributed by atoms with Crippen LogP contribution in [0.2, 0.25) is 0 Å². The second-order valence-electron chi connectivity index (χ2n) is 10.3. The van der Waals surface area contributed by atoms with Crippen LogP contribution >= 0.6 is 0 Å². The summed E-state index contributed by atoms with van der Waals surface area (Å²) in [6.45, 7) is 9.19. The monoisotopic (exact) mass is 406 g/mol. The molecule has 3 rings (SSSR count). The molecule has 1 amide bonds. The third-order valence-corrected chi connectivity index (χ3v) is 6.76. The third-order valence-electron chi connectivity index (χ3n) is 6.76. The molecule has 1 saturated heterocycles. The van der Waals surface area contributed by atoms with E-state index in [1.807, 2.05) is 6.07 Å². The summed E-state index contributed by atoms with van der Waals surface area (Å²) in [5.41, 5.74) is -1.07. The molecule has 1 saturated carbocycles. The molecule has 1 aromatic rings. The van der Waals surface area contributed by atoms with E-state index in [0.29, 0.717) is 25.7 Å². The predicted molar refractivity (Wildman–Crippen MR) is 113 cm³/mol. The van der Waals surface area contributed by atoms with Crippen molar-refractivity contribution in [1.82, 2.24) is 10.2 Å². The molecule has 0 spiro atoms. The molecular formula is C24H36F2N2O. The topological polar surface area (TPSA) is 32.3 Å². The van der Waals surface area contributed by atoms with E-state index < -0.39 is 11.1 Å². The maximum absolute atomic E-state index is 15.4. The fraction of sp³-hybridized carbons (Fsp3) is 0.708. The molecule has 2 aliphatic rings. The first-order chi connectivity index (χ1) is 13.6. The maximum atomic E-state index is 15.4. The highest BCUT2D eigenvalue weighted by Crippen LogP contribution is 2.41. The van der Waals surface area contributed by atoms with Gasteiger partial charge in [0, 0.05) is 13.1 Å². The Hall–Kier alpha value is -1.49. The Morgan fingerprint density at radius 2 is 1.79 bits per heavy atom. The number of amides is 1. The molecule has 2 fully saturated rings. The fourth-order valence-electron chi connectivity index (χ4n) is 4.67. The average molecular weight is 407 g/mol. The van der Waals surface area contributed by atoms with Crippen molar-refractivity contribution in [3.8, 4) is 0 Å². The van der Waals surface area contributed by atoms with Crippen molar-refractivity contribution in [3.63, 3.8) is 0 Å². The van der Waals surface area contributed by atoms with Gasteiger partial charge in [-0.15, -0.1) is 0 Å². The standard InChI is InChI=1S/C24H36F2N2O/c1-22(2,3)11-14-28-15-12-23(26,13-16-28)18-27-21(29)24(9-4-5-10-24)19-7-6-8-20(25)17-19/h6-8,17H,4-5,9-16,18H2,1-3H3,(H,27,29). The number of alkyl halides is 1. The highest BCUT2D eigenvalue weighted by molar-refractivity contribution is 5.88. The molecule has 162 valence electrons. The van der Waals surface area contributed by atoms with Crippen molar-refractivity contribution >= 4 is 5.91 Å². The van der Waals surface area contributed by atoms with E-state index in [-0.39, 0.29) is 23.7 Å². The summed E-state index contributed by atoms with van der Waals surface area (Å²) in [4.78, 5) is 15.5. The van der Waals surface area contributed by atoms with Crippen molar-refractivity contribution in [2.75, 3.05) is 26.2 Å². The average Bonchev–Trinajstić information content (AvgIpc) is 3.16. The van der Waals surface area contributed by atoms with E-state index in [4.69, 9.17) is 0 Å². The van der Waals surface area contributed by atoms with Gasteiger partial charge in [-0.25, -0.2) is 8.78 Å². The zero-order valence-electron chi connectivity index (χ0n) is 18.2. The van der Waals surface area contributed by atoms with Crippen LogP contribution in [0.15, 0.2) is 24.3 Å². The van der Waals surface area contributed by atoms with Crippen LogP contribution < -0.4 is 5.32 Å². The zero-order valence-corrected chi connectivity index (χ0v) is 18.2. The van der Waals surface area contributed by atoms with Gasteiger partial charge in [-0.1, -0.05) is 45.7 Å². The van der Waals surface area contributed by atoms with Crippen molar-refractivity contribution in [2.24, 2.45) is 5.41 Å². The normalized spacial score (nSPS) is 21.8. The molecule has 3 nitrogen and oxygen atoms in total.